The summed E-state index contributed by atoms with van der Waals surface area (Å²) in [6.45, 7) is 2.00. The minimum absolute atomic E-state index is 0.0358. The SMILES string of the molecule is COc1ccc(C2=CC(C)CCC2=O)c([N+](=O)[O-])c1. The number of carbonyl (C=O) groups is 1. The van der Waals surface area contributed by atoms with Crippen LogP contribution in [0.4, 0.5) is 5.69 Å². The highest BCUT2D eigenvalue weighted by atomic mass is 16.6. The summed E-state index contributed by atoms with van der Waals surface area (Å²) < 4.78 is 4.99. The molecule has 5 nitrogen and oxygen atoms in total. The lowest BCUT2D eigenvalue weighted by Gasteiger charge is -2.17. The van der Waals surface area contributed by atoms with Crippen molar-refractivity contribution in [3.8, 4) is 5.75 Å². The number of benzene rings is 1. The maximum absolute atomic E-state index is 11.9. The summed E-state index contributed by atoms with van der Waals surface area (Å²) in [7, 11) is 1.45. The molecule has 1 aromatic rings. The van der Waals surface area contributed by atoms with Crippen molar-refractivity contribution >= 4 is 17.0 Å². The molecule has 0 fully saturated rings. The molecule has 0 saturated carbocycles. The fourth-order valence-electron chi connectivity index (χ4n) is 2.21. The molecule has 100 valence electrons. The number of ether oxygens (including phenoxy) is 1. The second kappa shape index (κ2) is 5.22. The van der Waals surface area contributed by atoms with Gasteiger partial charge in [0.25, 0.3) is 5.69 Å². The lowest BCUT2D eigenvalue weighted by atomic mass is 9.86. The molecule has 1 aliphatic rings. The molecule has 2 rings (SSSR count). The maximum Gasteiger partial charge on any atom is 0.281 e. The van der Waals surface area contributed by atoms with Crippen LogP contribution >= 0.6 is 0 Å². The minimum atomic E-state index is -0.481. The summed E-state index contributed by atoms with van der Waals surface area (Å²) in [6, 6.07) is 4.57. The number of carbonyl (C=O) groups excluding carboxylic acids is 1. The van der Waals surface area contributed by atoms with Gasteiger partial charge in [0.1, 0.15) is 5.75 Å². The van der Waals surface area contributed by atoms with Crippen LogP contribution in [-0.4, -0.2) is 17.8 Å². The zero-order valence-electron chi connectivity index (χ0n) is 10.9. The van der Waals surface area contributed by atoms with Gasteiger partial charge in [-0.3, -0.25) is 14.9 Å². The summed E-state index contributed by atoms with van der Waals surface area (Å²) in [6.07, 6.45) is 3.06. The number of ketones is 1. The standard InChI is InChI=1S/C14H15NO4/c1-9-3-6-14(16)12(7-9)11-5-4-10(19-2)8-13(11)15(17)18/h4-5,7-9H,3,6H2,1-2H3. The van der Waals surface area contributed by atoms with E-state index in [4.69, 9.17) is 4.74 Å². The average molecular weight is 261 g/mol. The Morgan fingerprint density at radius 1 is 1.42 bits per heavy atom. The van der Waals surface area contributed by atoms with Gasteiger partial charge in [-0.15, -0.1) is 0 Å². The van der Waals surface area contributed by atoms with E-state index in [-0.39, 0.29) is 17.4 Å². The monoisotopic (exact) mass is 261 g/mol. The van der Waals surface area contributed by atoms with Gasteiger partial charge in [0.05, 0.1) is 23.7 Å². The molecule has 1 aliphatic carbocycles. The van der Waals surface area contributed by atoms with Crippen molar-refractivity contribution in [3.05, 3.63) is 40.0 Å². The van der Waals surface area contributed by atoms with Crippen molar-refractivity contribution in [3.63, 3.8) is 0 Å². The number of rotatable bonds is 3. The van der Waals surface area contributed by atoms with Gasteiger partial charge in [-0.25, -0.2) is 0 Å². The summed E-state index contributed by atoms with van der Waals surface area (Å²) in [5.74, 6) is 0.633. The molecule has 0 aliphatic heterocycles. The molecule has 0 N–H and O–H groups in total. The number of nitro groups is 1. The van der Waals surface area contributed by atoms with Crippen LogP contribution in [0.2, 0.25) is 0 Å². The van der Waals surface area contributed by atoms with E-state index in [1.807, 2.05) is 13.0 Å². The molecule has 1 atom stereocenters. The predicted molar refractivity (Wildman–Crippen MR) is 71.0 cm³/mol. The highest BCUT2D eigenvalue weighted by Gasteiger charge is 2.25. The molecule has 0 radical (unpaired) electrons. The maximum atomic E-state index is 11.9. The van der Waals surface area contributed by atoms with Crippen LogP contribution in [0.15, 0.2) is 24.3 Å². The first kappa shape index (κ1) is 13.3. The lowest BCUT2D eigenvalue weighted by molar-refractivity contribution is -0.385. The van der Waals surface area contributed by atoms with Gasteiger partial charge in [-0.1, -0.05) is 13.0 Å². The van der Waals surface area contributed by atoms with Crippen LogP contribution in [0.3, 0.4) is 0 Å². The lowest BCUT2D eigenvalue weighted by Crippen LogP contribution is -2.12. The number of hydrogen-bond acceptors (Lipinski definition) is 4. The zero-order chi connectivity index (χ0) is 14.0. The molecule has 0 heterocycles. The third-order valence-corrected chi connectivity index (χ3v) is 3.27. The Hall–Kier alpha value is -2.17. The minimum Gasteiger partial charge on any atom is -0.497 e. The molecule has 0 amide bonds. The van der Waals surface area contributed by atoms with Crippen molar-refractivity contribution in [1.29, 1.82) is 0 Å². The Kier molecular flexibility index (Phi) is 3.64. The highest BCUT2D eigenvalue weighted by Crippen LogP contribution is 2.34. The zero-order valence-corrected chi connectivity index (χ0v) is 10.9. The van der Waals surface area contributed by atoms with Crippen molar-refractivity contribution < 1.29 is 14.5 Å². The van der Waals surface area contributed by atoms with Gasteiger partial charge in [-0.2, -0.15) is 0 Å². The molecule has 19 heavy (non-hydrogen) atoms. The molecular weight excluding hydrogens is 246 g/mol. The number of methoxy groups -OCH3 is 1. The third kappa shape index (κ3) is 2.65. The fourth-order valence-corrected chi connectivity index (χ4v) is 2.21. The van der Waals surface area contributed by atoms with Gasteiger partial charge in [0.15, 0.2) is 5.78 Å². The third-order valence-electron chi connectivity index (χ3n) is 3.27. The van der Waals surface area contributed by atoms with Gasteiger partial charge in [0, 0.05) is 12.0 Å². The van der Waals surface area contributed by atoms with Crippen LogP contribution in [0.5, 0.6) is 5.75 Å². The summed E-state index contributed by atoms with van der Waals surface area (Å²) in [5.41, 5.74) is 0.739. The number of nitrogens with zero attached hydrogens (tertiary/aromatic N) is 1. The quantitative estimate of drug-likeness (QED) is 0.619. The fraction of sp³-hybridized carbons (Fsp3) is 0.357. The molecule has 1 unspecified atom stereocenters. The van der Waals surface area contributed by atoms with Crippen LogP contribution in [0.1, 0.15) is 25.3 Å². The molecule has 0 spiro atoms. The normalized spacial score (nSPS) is 18.9. The van der Waals surface area contributed by atoms with E-state index in [9.17, 15) is 14.9 Å². The predicted octanol–water partition coefficient (Wildman–Crippen LogP) is 2.99. The molecule has 0 bridgehead atoms. The summed E-state index contributed by atoms with van der Waals surface area (Å²) in [5, 5.41) is 11.1. The highest BCUT2D eigenvalue weighted by molar-refractivity contribution is 6.22. The molecule has 0 saturated heterocycles. The van der Waals surface area contributed by atoms with Crippen molar-refractivity contribution in [2.75, 3.05) is 7.11 Å². The Labute approximate surface area is 111 Å². The van der Waals surface area contributed by atoms with Gasteiger partial charge < -0.3 is 4.74 Å². The van der Waals surface area contributed by atoms with E-state index >= 15 is 0 Å². The second-order valence-electron chi connectivity index (χ2n) is 4.66. The Balaban J connectivity index is 2.55. The van der Waals surface area contributed by atoms with Gasteiger partial charge in [0.2, 0.25) is 0 Å². The Morgan fingerprint density at radius 3 is 2.79 bits per heavy atom. The van der Waals surface area contributed by atoms with Crippen LogP contribution in [-0.2, 0) is 4.79 Å². The first-order chi connectivity index (χ1) is 9.02. The van der Waals surface area contributed by atoms with Gasteiger partial charge in [-0.05, 0) is 24.5 Å². The van der Waals surface area contributed by atoms with Crippen LogP contribution in [0.25, 0.3) is 5.57 Å². The first-order valence-electron chi connectivity index (χ1n) is 6.10. The number of nitro benzene ring substituents is 1. The smallest absolute Gasteiger partial charge is 0.281 e. The topological polar surface area (TPSA) is 69.4 Å². The van der Waals surface area contributed by atoms with Gasteiger partial charge >= 0.3 is 0 Å². The van der Waals surface area contributed by atoms with E-state index < -0.39 is 4.92 Å². The number of Topliss-reactive ketones (excluding diaryl/α,β-unsaturated/α-hetero) is 1. The summed E-state index contributed by atoms with van der Waals surface area (Å²) in [4.78, 5) is 22.6. The van der Waals surface area contributed by atoms with E-state index in [0.29, 0.717) is 23.3 Å². The Morgan fingerprint density at radius 2 is 2.16 bits per heavy atom. The average Bonchev–Trinajstić information content (AvgIpc) is 2.40. The number of hydrogen-bond donors (Lipinski definition) is 0. The molecule has 1 aromatic carbocycles. The van der Waals surface area contributed by atoms with Crippen molar-refractivity contribution in [2.45, 2.75) is 19.8 Å². The van der Waals surface area contributed by atoms with Crippen molar-refractivity contribution in [2.24, 2.45) is 5.92 Å². The molecule has 0 aromatic heterocycles. The molecular formula is C14H15NO4. The van der Waals surface area contributed by atoms with Crippen molar-refractivity contribution in [1.82, 2.24) is 0 Å². The van der Waals surface area contributed by atoms with E-state index in [2.05, 4.69) is 0 Å². The van der Waals surface area contributed by atoms with E-state index in [1.165, 1.54) is 13.2 Å². The van der Waals surface area contributed by atoms with Crippen LogP contribution < -0.4 is 4.74 Å². The first-order valence-corrected chi connectivity index (χ1v) is 6.10. The van der Waals surface area contributed by atoms with E-state index in [1.54, 1.807) is 12.1 Å². The van der Waals surface area contributed by atoms with Crippen LogP contribution in [0, 0.1) is 16.0 Å². The van der Waals surface area contributed by atoms with E-state index in [0.717, 1.165) is 6.42 Å². The number of allylic oxidation sites excluding steroid dienone is 2. The second-order valence-corrected chi connectivity index (χ2v) is 4.66. The molecule has 5 heteroatoms. The summed E-state index contributed by atoms with van der Waals surface area (Å²) >= 11 is 0. The largest absolute Gasteiger partial charge is 0.497 e. The Bertz CT molecular complexity index is 563.